The molecule has 1 atom stereocenters. The fourth-order valence-electron chi connectivity index (χ4n) is 2.66. The highest BCUT2D eigenvalue weighted by Crippen LogP contribution is 2.60. The number of hydrogen-bond acceptors (Lipinski definition) is 2. The number of nitrogens with one attached hydrogen (secondary N) is 1. The smallest absolute Gasteiger partial charge is 0.00149 e. The monoisotopic (exact) mass is 213 g/mol. The zero-order chi connectivity index (χ0) is 10.0. The molecule has 2 aliphatic rings. The molecule has 1 nitrogen and oxygen atoms in total. The van der Waals surface area contributed by atoms with Crippen LogP contribution in [0.3, 0.4) is 0 Å². The van der Waals surface area contributed by atoms with Crippen LogP contribution in [0.1, 0.15) is 33.1 Å². The Morgan fingerprint density at radius 2 is 2.07 bits per heavy atom. The van der Waals surface area contributed by atoms with Gasteiger partial charge in [-0.05, 0) is 61.1 Å². The van der Waals surface area contributed by atoms with Gasteiger partial charge in [0.1, 0.15) is 0 Å². The summed E-state index contributed by atoms with van der Waals surface area (Å²) in [4.78, 5) is 0. The highest BCUT2D eigenvalue weighted by molar-refractivity contribution is 7.99. The lowest BCUT2D eigenvalue weighted by Crippen LogP contribution is -2.25. The van der Waals surface area contributed by atoms with E-state index in [-0.39, 0.29) is 0 Å². The van der Waals surface area contributed by atoms with Gasteiger partial charge in [-0.15, -0.1) is 0 Å². The Labute approximate surface area is 92.4 Å². The van der Waals surface area contributed by atoms with Crippen molar-refractivity contribution in [1.82, 2.24) is 5.32 Å². The van der Waals surface area contributed by atoms with Gasteiger partial charge in [0.25, 0.3) is 0 Å². The highest BCUT2D eigenvalue weighted by atomic mass is 32.2. The first-order chi connectivity index (χ1) is 6.73. The predicted molar refractivity (Wildman–Crippen MR) is 64.8 cm³/mol. The van der Waals surface area contributed by atoms with Gasteiger partial charge >= 0.3 is 0 Å². The zero-order valence-electron chi connectivity index (χ0n) is 9.51. The number of hydrogen-bond donors (Lipinski definition) is 1. The fourth-order valence-corrected chi connectivity index (χ4v) is 3.96. The van der Waals surface area contributed by atoms with Gasteiger partial charge in [0.15, 0.2) is 0 Å². The van der Waals surface area contributed by atoms with E-state index in [2.05, 4.69) is 30.9 Å². The van der Waals surface area contributed by atoms with E-state index in [9.17, 15) is 0 Å². The zero-order valence-corrected chi connectivity index (χ0v) is 10.3. The quantitative estimate of drug-likeness (QED) is 0.770. The first-order valence-electron chi connectivity index (χ1n) is 6.01. The Kier molecular flexibility index (Phi) is 3.43. The molecular weight excluding hydrogens is 190 g/mol. The Bertz CT molecular complexity index is 185. The second-order valence-electron chi connectivity index (χ2n) is 5.43. The minimum atomic E-state index is 0.798. The molecule has 2 fully saturated rings. The normalized spacial score (nSPS) is 29.8. The van der Waals surface area contributed by atoms with Gasteiger partial charge in [-0.25, -0.2) is 0 Å². The lowest BCUT2D eigenvalue weighted by Gasteiger charge is -2.22. The SMILES string of the molecule is CC(C)CNCC1CC12CCSCC2. The summed E-state index contributed by atoms with van der Waals surface area (Å²) in [6.45, 7) is 7.05. The summed E-state index contributed by atoms with van der Waals surface area (Å²) in [5.74, 6) is 4.65. The van der Waals surface area contributed by atoms with Gasteiger partial charge < -0.3 is 5.32 Å². The van der Waals surface area contributed by atoms with Crippen molar-refractivity contribution < 1.29 is 0 Å². The van der Waals surface area contributed by atoms with Crippen LogP contribution in [-0.2, 0) is 0 Å². The van der Waals surface area contributed by atoms with E-state index in [0.717, 1.165) is 17.3 Å². The molecule has 14 heavy (non-hydrogen) atoms. The van der Waals surface area contributed by atoms with Crippen molar-refractivity contribution in [2.45, 2.75) is 33.1 Å². The van der Waals surface area contributed by atoms with E-state index in [1.54, 1.807) is 0 Å². The third-order valence-corrected chi connectivity index (χ3v) is 4.78. The van der Waals surface area contributed by atoms with Gasteiger partial charge in [-0.2, -0.15) is 11.8 Å². The van der Waals surface area contributed by atoms with Crippen molar-refractivity contribution >= 4 is 11.8 Å². The lowest BCUT2D eigenvalue weighted by atomic mass is 9.96. The van der Waals surface area contributed by atoms with Crippen LogP contribution < -0.4 is 5.32 Å². The lowest BCUT2D eigenvalue weighted by molar-refractivity contribution is 0.402. The van der Waals surface area contributed by atoms with Crippen molar-refractivity contribution in [3.05, 3.63) is 0 Å². The summed E-state index contributed by atoms with van der Waals surface area (Å²) in [7, 11) is 0. The van der Waals surface area contributed by atoms with Crippen LogP contribution in [0.15, 0.2) is 0 Å². The standard InChI is InChI=1S/C12H23NS/c1-10(2)8-13-9-11-7-12(11)3-5-14-6-4-12/h10-11,13H,3-9H2,1-2H3. The largest absolute Gasteiger partial charge is 0.316 e. The summed E-state index contributed by atoms with van der Waals surface area (Å²) in [5.41, 5.74) is 0.801. The van der Waals surface area contributed by atoms with Crippen LogP contribution in [0.5, 0.6) is 0 Å². The van der Waals surface area contributed by atoms with E-state index in [4.69, 9.17) is 0 Å². The van der Waals surface area contributed by atoms with Crippen molar-refractivity contribution in [3.8, 4) is 0 Å². The van der Waals surface area contributed by atoms with E-state index in [1.807, 2.05) is 0 Å². The minimum absolute atomic E-state index is 0.798. The van der Waals surface area contributed by atoms with Crippen molar-refractivity contribution in [1.29, 1.82) is 0 Å². The fraction of sp³-hybridized carbons (Fsp3) is 1.00. The molecule has 2 heteroatoms. The van der Waals surface area contributed by atoms with E-state index in [0.29, 0.717) is 0 Å². The molecule has 0 aromatic heterocycles. The van der Waals surface area contributed by atoms with Gasteiger partial charge in [0, 0.05) is 0 Å². The van der Waals surface area contributed by atoms with Gasteiger partial charge in [0.05, 0.1) is 0 Å². The van der Waals surface area contributed by atoms with Gasteiger partial charge in [0.2, 0.25) is 0 Å². The number of thioether (sulfide) groups is 1. The summed E-state index contributed by atoms with van der Waals surface area (Å²) in [6.07, 6.45) is 4.50. The van der Waals surface area contributed by atoms with Crippen LogP contribution in [0.25, 0.3) is 0 Å². The summed E-state index contributed by atoms with van der Waals surface area (Å²) >= 11 is 2.15. The molecular formula is C12H23NS. The van der Waals surface area contributed by atoms with Crippen LogP contribution in [0, 0.1) is 17.3 Å². The molecule has 1 N–H and O–H groups in total. The van der Waals surface area contributed by atoms with Gasteiger partial charge in [-0.3, -0.25) is 0 Å². The molecule has 82 valence electrons. The summed E-state index contributed by atoms with van der Waals surface area (Å²) in [6, 6.07) is 0. The Hall–Kier alpha value is 0.310. The summed E-state index contributed by atoms with van der Waals surface area (Å²) in [5, 5.41) is 3.61. The maximum absolute atomic E-state index is 3.61. The molecule has 1 saturated heterocycles. The molecule has 0 radical (unpaired) electrons. The minimum Gasteiger partial charge on any atom is -0.316 e. The van der Waals surface area contributed by atoms with Crippen LogP contribution >= 0.6 is 11.8 Å². The average molecular weight is 213 g/mol. The predicted octanol–water partition coefficient (Wildman–Crippen LogP) is 2.77. The number of rotatable bonds is 4. The molecule has 1 heterocycles. The molecule has 0 aromatic rings. The molecule has 0 aromatic carbocycles. The summed E-state index contributed by atoms with van der Waals surface area (Å²) < 4.78 is 0. The molecule has 0 bridgehead atoms. The van der Waals surface area contributed by atoms with Crippen LogP contribution in [0.2, 0.25) is 0 Å². The van der Waals surface area contributed by atoms with Crippen molar-refractivity contribution in [2.24, 2.45) is 17.3 Å². The molecule has 1 saturated carbocycles. The molecule has 1 aliphatic heterocycles. The molecule has 2 rings (SSSR count). The Balaban J connectivity index is 1.65. The third kappa shape index (κ3) is 2.46. The molecule has 1 unspecified atom stereocenters. The second kappa shape index (κ2) is 4.44. The Morgan fingerprint density at radius 1 is 1.36 bits per heavy atom. The van der Waals surface area contributed by atoms with Crippen molar-refractivity contribution in [3.63, 3.8) is 0 Å². The topological polar surface area (TPSA) is 12.0 Å². The molecule has 1 aliphatic carbocycles. The van der Waals surface area contributed by atoms with E-state index >= 15 is 0 Å². The first-order valence-corrected chi connectivity index (χ1v) is 7.17. The van der Waals surface area contributed by atoms with Gasteiger partial charge in [-0.1, -0.05) is 13.8 Å². The molecule has 0 amide bonds. The van der Waals surface area contributed by atoms with Crippen molar-refractivity contribution in [2.75, 3.05) is 24.6 Å². The van der Waals surface area contributed by atoms with E-state index in [1.165, 1.54) is 43.9 Å². The Morgan fingerprint density at radius 3 is 2.71 bits per heavy atom. The second-order valence-corrected chi connectivity index (χ2v) is 6.65. The molecule has 1 spiro atoms. The van der Waals surface area contributed by atoms with Crippen LogP contribution in [-0.4, -0.2) is 24.6 Å². The van der Waals surface area contributed by atoms with Crippen LogP contribution in [0.4, 0.5) is 0 Å². The highest BCUT2D eigenvalue weighted by Gasteiger charge is 2.53. The maximum atomic E-state index is 3.61. The average Bonchev–Trinajstić information content (AvgIpc) is 2.79. The maximum Gasteiger partial charge on any atom is -0.00149 e. The third-order valence-electron chi connectivity index (χ3n) is 3.79. The first kappa shape index (κ1) is 10.8. The van der Waals surface area contributed by atoms with E-state index < -0.39 is 0 Å².